The van der Waals surface area contributed by atoms with Gasteiger partial charge in [0.25, 0.3) is 0 Å². The van der Waals surface area contributed by atoms with Crippen LogP contribution in [0.5, 0.6) is 0 Å². The fourth-order valence-corrected chi connectivity index (χ4v) is 2.71. The SMILES string of the molecule is CC1C(=O)N(CCC=O)CCN1C(=O)Nc1ccc(Cl)c(Cl)c1. The molecule has 8 heteroatoms. The number of carbonyl (C=O) groups is 3. The van der Waals surface area contributed by atoms with Crippen molar-refractivity contribution < 1.29 is 14.4 Å². The minimum Gasteiger partial charge on any atom is -0.339 e. The Morgan fingerprint density at radius 2 is 2.09 bits per heavy atom. The molecule has 1 saturated heterocycles. The van der Waals surface area contributed by atoms with E-state index in [1.54, 1.807) is 30.0 Å². The molecule has 3 amide bonds. The molecule has 0 aliphatic carbocycles. The van der Waals surface area contributed by atoms with Crippen molar-refractivity contribution in [3.63, 3.8) is 0 Å². The lowest BCUT2D eigenvalue weighted by atomic mass is 10.1. The van der Waals surface area contributed by atoms with E-state index in [2.05, 4.69) is 5.32 Å². The van der Waals surface area contributed by atoms with E-state index in [-0.39, 0.29) is 11.9 Å². The second kappa shape index (κ2) is 7.66. The van der Waals surface area contributed by atoms with E-state index in [0.29, 0.717) is 41.8 Å². The molecule has 23 heavy (non-hydrogen) atoms. The van der Waals surface area contributed by atoms with Gasteiger partial charge in [-0.25, -0.2) is 4.79 Å². The van der Waals surface area contributed by atoms with Crippen molar-refractivity contribution in [2.75, 3.05) is 25.0 Å². The lowest BCUT2D eigenvalue weighted by molar-refractivity contribution is -0.139. The maximum Gasteiger partial charge on any atom is 0.322 e. The molecule has 2 rings (SSSR count). The van der Waals surface area contributed by atoms with Gasteiger partial charge in [0.1, 0.15) is 12.3 Å². The minimum atomic E-state index is -0.585. The zero-order valence-electron chi connectivity index (χ0n) is 12.6. The van der Waals surface area contributed by atoms with Gasteiger partial charge in [-0.1, -0.05) is 23.2 Å². The van der Waals surface area contributed by atoms with E-state index >= 15 is 0 Å². The van der Waals surface area contributed by atoms with Crippen LogP contribution in [0.4, 0.5) is 10.5 Å². The number of piperazine rings is 1. The smallest absolute Gasteiger partial charge is 0.322 e. The molecular weight excluding hydrogens is 341 g/mol. The first kappa shape index (κ1) is 17.6. The first-order valence-electron chi connectivity index (χ1n) is 7.19. The molecule has 1 aromatic rings. The summed E-state index contributed by atoms with van der Waals surface area (Å²) < 4.78 is 0. The molecular formula is C15H17Cl2N3O3. The highest BCUT2D eigenvalue weighted by Crippen LogP contribution is 2.25. The molecule has 0 radical (unpaired) electrons. The molecule has 1 aliphatic rings. The number of carbonyl (C=O) groups excluding carboxylic acids is 3. The van der Waals surface area contributed by atoms with Gasteiger partial charge in [-0.2, -0.15) is 0 Å². The number of nitrogens with one attached hydrogen (secondary N) is 1. The predicted octanol–water partition coefficient (Wildman–Crippen LogP) is 2.65. The van der Waals surface area contributed by atoms with Crippen molar-refractivity contribution in [2.45, 2.75) is 19.4 Å². The van der Waals surface area contributed by atoms with Crippen LogP contribution in [0.15, 0.2) is 18.2 Å². The van der Waals surface area contributed by atoms with E-state index < -0.39 is 6.04 Å². The lowest BCUT2D eigenvalue weighted by Gasteiger charge is -2.38. The molecule has 1 atom stereocenters. The Morgan fingerprint density at radius 1 is 1.35 bits per heavy atom. The van der Waals surface area contributed by atoms with Gasteiger partial charge in [-0.15, -0.1) is 0 Å². The summed E-state index contributed by atoms with van der Waals surface area (Å²) in [4.78, 5) is 38.1. The van der Waals surface area contributed by atoms with Crippen molar-refractivity contribution in [1.29, 1.82) is 0 Å². The fourth-order valence-electron chi connectivity index (χ4n) is 2.41. The van der Waals surface area contributed by atoms with Crippen LogP contribution in [0, 0.1) is 0 Å². The summed E-state index contributed by atoms with van der Waals surface area (Å²) in [7, 11) is 0. The molecule has 1 N–H and O–H groups in total. The first-order chi connectivity index (χ1) is 10.9. The lowest BCUT2D eigenvalue weighted by Crippen LogP contribution is -2.58. The van der Waals surface area contributed by atoms with Crippen molar-refractivity contribution in [3.05, 3.63) is 28.2 Å². The highest BCUT2D eigenvalue weighted by atomic mass is 35.5. The average Bonchev–Trinajstić information content (AvgIpc) is 2.52. The maximum atomic E-state index is 12.4. The number of hydrogen-bond acceptors (Lipinski definition) is 3. The first-order valence-corrected chi connectivity index (χ1v) is 7.94. The van der Waals surface area contributed by atoms with E-state index in [0.717, 1.165) is 6.29 Å². The molecule has 6 nitrogen and oxygen atoms in total. The van der Waals surface area contributed by atoms with Gasteiger partial charge in [0, 0.05) is 31.7 Å². The van der Waals surface area contributed by atoms with Crippen LogP contribution < -0.4 is 5.32 Å². The predicted molar refractivity (Wildman–Crippen MR) is 88.9 cm³/mol. The van der Waals surface area contributed by atoms with Gasteiger partial charge in [0.15, 0.2) is 0 Å². The quantitative estimate of drug-likeness (QED) is 0.842. The zero-order chi connectivity index (χ0) is 17.0. The summed E-state index contributed by atoms with van der Waals surface area (Å²) in [6, 6.07) is 3.82. The van der Waals surface area contributed by atoms with E-state index in [4.69, 9.17) is 23.2 Å². The van der Waals surface area contributed by atoms with Crippen molar-refractivity contribution in [2.24, 2.45) is 0 Å². The topological polar surface area (TPSA) is 69.7 Å². The number of rotatable bonds is 4. The monoisotopic (exact) mass is 357 g/mol. The van der Waals surface area contributed by atoms with Gasteiger partial charge in [0.2, 0.25) is 5.91 Å². The summed E-state index contributed by atoms with van der Waals surface area (Å²) in [6.07, 6.45) is 1.08. The number of anilines is 1. The number of hydrogen-bond donors (Lipinski definition) is 1. The number of amides is 3. The normalized spacial score (nSPS) is 18.0. The number of halogens is 2. The summed E-state index contributed by atoms with van der Waals surface area (Å²) in [5, 5.41) is 3.45. The number of aldehydes is 1. The second-order valence-electron chi connectivity index (χ2n) is 5.21. The zero-order valence-corrected chi connectivity index (χ0v) is 14.1. The van der Waals surface area contributed by atoms with Crippen molar-refractivity contribution in [1.82, 2.24) is 9.80 Å². The molecule has 0 saturated carbocycles. The molecule has 0 aromatic heterocycles. The van der Waals surface area contributed by atoms with Gasteiger partial charge < -0.3 is 19.9 Å². The summed E-state index contributed by atoms with van der Waals surface area (Å²) in [5.74, 6) is -0.164. The second-order valence-corrected chi connectivity index (χ2v) is 6.02. The minimum absolute atomic E-state index is 0.164. The Kier molecular flexibility index (Phi) is 5.85. The van der Waals surface area contributed by atoms with Gasteiger partial charge in [-0.3, -0.25) is 4.79 Å². The van der Waals surface area contributed by atoms with Crippen LogP contribution in [0.2, 0.25) is 10.0 Å². The van der Waals surface area contributed by atoms with Gasteiger partial charge in [0.05, 0.1) is 10.0 Å². The largest absolute Gasteiger partial charge is 0.339 e. The van der Waals surface area contributed by atoms with Crippen LogP contribution >= 0.6 is 23.2 Å². The average molecular weight is 358 g/mol. The van der Waals surface area contributed by atoms with Gasteiger partial charge in [-0.05, 0) is 25.1 Å². The maximum absolute atomic E-state index is 12.4. The number of nitrogens with zero attached hydrogens (tertiary/aromatic N) is 2. The van der Waals surface area contributed by atoms with Crippen LogP contribution in [0.25, 0.3) is 0 Å². The Hall–Kier alpha value is -1.79. The summed E-state index contributed by atoms with van der Waals surface area (Å²) in [5.41, 5.74) is 0.507. The molecule has 1 aromatic carbocycles. The highest BCUT2D eigenvalue weighted by Gasteiger charge is 2.34. The fraction of sp³-hybridized carbons (Fsp3) is 0.400. The standard InChI is InChI=1S/C15H17Cl2N3O3/c1-10-14(22)19(5-2-8-21)6-7-20(10)15(23)18-11-3-4-12(16)13(17)9-11/h3-4,8-10H,2,5-7H2,1H3,(H,18,23). The Bertz CT molecular complexity index is 624. The van der Waals surface area contributed by atoms with E-state index in [1.807, 2.05) is 0 Å². The summed E-state index contributed by atoms with van der Waals surface area (Å²) in [6.45, 7) is 2.86. The van der Waals surface area contributed by atoms with E-state index in [9.17, 15) is 14.4 Å². The molecule has 1 unspecified atom stereocenters. The highest BCUT2D eigenvalue weighted by molar-refractivity contribution is 6.42. The molecule has 0 bridgehead atoms. The third-order valence-electron chi connectivity index (χ3n) is 3.70. The van der Waals surface area contributed by atoms with Crippen LogP contribution in [-0.2, 0) is 9.59 Å². The van der Waals surface area contributed by atoms with Crippen LogP contribution in [-0.4, -0.2) is 53.7 Å². The third kappa shape index (κ3) is 4.14. The number of benzene rings is 1. The van der Waals surface area contributed by atoms with Crippen molar-refractivity contribution in [3.8, 4) is 0 Å². The van der Waals surface area contributed by atoms with Crippen LogP contribution in [0.1, 0.15) is 13.3 Å². The Morgan fingerprint density at radius 3 is 2.74 bits per heavy atom. The molecule has 1 heterocycles. The molecule has 1 aliphatic heterocycles. The van der Waals surface area contributed by atoms with Crippen LogP contribution in [0.3, 0.4) is 0 Å². The summed E-state index contributed by atoms with van der Waals surface area (Å²) >= 11 is 11.8. The molecule has 1 fully saturated rings. The third-order valence-corrected chi connectivity index (χ3v) is 4.44. The number of urea groups is 1. The molecule has 0 spiro atoms. The van der Waals surface area contributed by atoms with Gasteiger partial charge >= 0.3 is 6.03 Å². The Balaban J connectivity index is 2.01. The molecule has 124 valence electrons. The van der Waals surface area contributed by atoms with Crippen molar-refractivity contribution >= 4 is 47.1 Å². The van der Waals surface area contributed by atoms with E-state index in [1.165, 1.54) is 4.90 Å². The Labute approximate surface area is 144 Å².